The van der Waals surface area contributed by atoms with Crippen LogP contribution in [0.2, 0.25) is 15.1 Å². The second-order valence-corrected chi connectivity index (χ2v) is 8.19. The Balaban J connectivity index is 2.05. The van der Waals surface area contributed by atoms with Gasteiger partial charge < -0.3 is 4.90 Å². The summed E-state index contributed by atoms with van der Waals surface area (Å²) in [5.74, 6) is 0. The third-order valence-electron chi connectivity index (χ3n) is 5.24. The SMILES string of the molecule is Cc1ccc(N2CCC(c3cc(Cl)c(Cl)c(Cl)c3)(C(F)(F)F)C2)cc1C(F)(F)F. The fraction of sp³-hybridized carbons (Fsp3) is 0.368. The topological polar surface area (TPSA) is 3.24 Å². The minimum absolute atomic E-state index is 0.00111. The molecule has 0 amide bonds. The monoisotopic (exact) mass is 475 g/mol. The average molecular weight is 477 g/mol. The summed E-state index contributed by atoms with van der Waals surface area (Å²) < 4.78 is 82.1. The van der Waals surface area contributed by atoms with Crippen LogP contribution in [-0.2, 0) is 11.6 Å². The zero-order valence-electron chi connectivity index (χ0n) is 14.9. The first-order valence-corrected chi connectivity index (χ1v) is 9.54. The molecule has 10 heteroatoms. The molecule has 2 aromatic rings. The zero-order chi connectivity index (χ0) is 21.8. The number of halogens is 9. The number of anilines is 1. The van der Waals surface area contributed by atoms with Gasteiger partial charge in [-0.1, -0.05) is 40.9 Å². The van der Waals surface area contributed by atoms with Crippen LogP contribution in [0.4, 0.5) is 32.0 Å². The van der Waals surface area contributed by atoms with Gasteiger partial charge in [0, 0.05) is 18.8 Å². The molecule has 29 heavy (non-hydrogen) atoms. The zero-order valence-corrected chi connectivity index (χ0v) is 17.1. The maximum absolute atomic E-state index is 14.2. The Morgan fingerprint density at radius 3 is 2.03 bits per heavy atom. The first-order chi connectivity index (χ1) is 13.3. The van der Waals surface area contributed by atoms with E-state index in [1.807, 2.05) is 0 Å². The van der Waals surface area contributed by atoms with Crippen LogP contribution < -0.4 is 4.90 Å². The summed E-state index contributed by atoms with van der Waals surface area (Å²) in [6, 6.07) is 5.75. The number of hydrogen-bond donors (Lipinski definition) is 0. The van der Waals surface area contributed by atoms with Crippen LogP contribution in [0.1, 0.15) is 23.1 Å². The van der Waals surface area contributed by atoms with Crippen LogP contribution in [-0.4, -0.2) is 19.3 Å². The molecular weight excluding hydrogens is 463 g/mol. The number of benzene rings is 2. The molecule has 0 bridgehead atoms. The minimum atomic E-state index is -4.68. The van der Waals surface area contributed by atoms with Gasteiger partial charge in [-0.15, -0.1) is 0 Å². The van der Waals surface area contributed by atoms with Crippen molar-refractivity contribution in [1.82, 2.24) is 0 Å². The van der Waals surface area contributed by atoms with Gasteiger partial charge in [0.25, 0.3) is 0 Å². The molecule has 0 aliphatic carbocycles. The molecule has 0 N–H and O–H groups in total. The summed E-state index contributed by atoms with van der Waals surface area (Å²) in [7, 11) is 0. The second kappa shape index (κ2) is 7.43. The summed E-state index contributed by atoms with van der Waals surface area (Å²) in [6.45, 7) is 0.650. The largest absolute Gasteiger partial charge is 0.416 e. The Morgan fingerprint density at radius 2 is 1.52 bits per heavy atom. The van der Waals surface area contributed by atoms with Gasteiger partial charge in [-0.05, 0) is 48.7 Å². The molecule has 2 aromatic carbocycles. The van der Waals surface area contributed by atoms with Gasteiger partial charge in [-0.2, -0.15) is 26.3 Å². The molecule has 0 radical (unpaired) electrons. The molecule has 0 spiro atoms. The van der Waals surface area contributed by atoms with Crippen LogP contribution in [0, 0.1) is 6.92 Å². The standard InChI is InChI=1S/C19H14Cl3F6N/c1-10-2-3-12(8-13(10)18(23,24)25)29-5-4-17(9-29,19(26,27)28)11-6-14(20)16(22)15(21)7-11/h2-3,6-8H,4-5,9H2,1H3. The molecule has 1 aliphatic heterocycles. The van der Waals surface area contributed by atoms with Crippen LogP contribution in [0.15, 0.2) is 30.3 Å². The smallest absolute Gasteiger partial charge is 0.370 e. The van der Waals surface area contributed by atoms with E-state index in [2.05, 4.69) is 0 Å². The molecule has 1 aliphatic rings. The lowest BCUT2D eigenvalue weighted by Gasteiger charge is -2.33. The normalized spacial score (nSPS) is 20.4. The van der Waals surface area contributed by atoms with Gasteiger partial charge in [0.05, 0.1) is 20.6 Å². The van der Waals surface area contributed by atoms with Crippen molar-refractivity contribution in [2.45, 2.75) is 31.1 Å². The van der Waals surface area contributed by atoms with Crippen molar-refractivity contribution in [1.29, 1.82) is 0 Å². The van der Waals surface area contributed by atoms with E-state index >= 15 is 0 Å². The highest BCUT2D eigenvalue weighted by molar-refractivity contribution is 6.48. The molecule has 1 heterocycles. The van der Waals surface area contributed by atoms with E-state index in [9.17, 15) is 26.3 Å². The number of alkyl halides is 6. The number of nitrogens with zero attached hydrogens (tertiary/aromatic N) is 1. The maximum Gasteiger partial charge on any atom is 0.416 e. The summed E-state index contributed by atoms with van der Waals surface area (Å²) >= 11 is 17.7. The molecule has 1 unspecified atom stereocenters. The van der Waals surface area contributed by atoms with E-state index in [0.717, 1.165) is 18.2 Å². The van der Waals surface area contributed by atoms with Crippen molar-refractivity contribution in [2.75, 3.05) is 18.0 Å². The van der Waals surface area contributed by atoms with Crippen LogP contribution in [0.25, 0.3) is 0 Å². The summed E-state index contributed by atoms with van der Waals surface area (Å²) in [5, 5.41) is -0.297. The molecule has 1 fully saturated rings. The van der Waals surface area contributed by atoms with Gasteiger partial charge in [0.2, 0.25) is 0 Å². The fourth-order valence-corrected chi connectivity index (χ4v) is 4.20. The first-order valence-electron chi connectivity index (χ1n) is 8.41. The first kappa shape index (κ1) is 22.4. The van der Waals surface area contributed by atoms with E-state index < -0.39 is 29.9 Å². The Morgan fingerprint density at radius 1 is 0.931 bits per heavy atom. The summed E-state index contributed by atoms with van der Waals surface area (Å²) in [5.41, 5.74) is -3.32. The number of rotatable bonds is 2. The third kappa shape index (κ3) is 4.01. The highest BCUT2D eigenvalue weighted by atomic mass is 35.5. The predicted molar refractivity (Wildman–Crippen MR) is 102 cm³/mol. The van der Waals surface area contributed by atoms with Crippen LogP contribution in [0.5, 0.6) is 0 Å². The van der Waals surface area contributed by atoms with Crippen molar-refractivity contribution in [3.8, 4) is 0 Å². The second-order valence-electron chi connectivity index (χ2n) is 7.00. The van der Waals surface area contributed by atoms with E-state index in [1.54, 1.807) is 0 Å². The molecule has 0 saturated carbocycles. The lowest BCUT2D eigenvalue weighted by Crippen LogP contribution is -2.45. The molecule has 1 nitrogen and oxygen atoms in total. The van der Waals surface area contributed by atoms with Crippen molar-refractivity contribution < 1.29 is 26.3 Å². The van der Waals surface area contributed by atoms with Crippen LogP contribution >= 0.6 is 34.8 Å². The van der Waals surface area contributed by atoms with E-state index in [1.165, 1.54) is 24.0 Å². The number of aryl methyl sites for hydroxylation is 1. The molecule has 1 saturated heterocycles. The minimum Gasteiger partial charge on any atom is -0.370 e. The molecule has 0 aromatic heterocycles. The Bertz CT molecular complexity index is 918. The quantitative estimate of drug-likeness (QED) is 0.317. The van der Waals surface area contributed by atoms with Crippen molar-refractivity contribution in [2.24, 2.45) is 0 Å². The van der Waals surface area contributed by atoms with Crippen molar-refractivity contribution in [3.05, 3.63) is 62.1 Å². The van der Waals surface area contributed by atoms with E-state index in [4.69, 9.17) is 34.8 Å². The average Bonchev–Trinajstić information content (AvgIpc) is 3.05. The van der Waals surface area contributed by atoms with Crippen molar-refractivity contribution >= 4 is 40.5 Å². The highest BCUT2D eigenvalue weighted by Gasteiger charge is 2.59. The maximum atomic E-state index is 14.2. The Kier molecular flexibility index (Phi) is 5.73. The third-order valence-corrected chi connectivity index (χ3v) is 6.44. The van der Waals surface area contributed by atoms with Gasteiger partial charge >= 0.3 is 12.4 Å². The predicted octanol–water partition coefficient (Wildman–Crippen LogP) is 7.68. The van der Waals surface area contributed by atoms with E-state index in [-0.39, 0.29) is 44.8 Å². The van der Waals surface area contributed by atoms with Gasteiger partial charge in [0.1, 0.15) is 5.41 Å². The van der Waals surface area contributed by atoms with Gasteiger partial charge in [-0.25, -0.2) is 0 Å². The van der Waals surface area contributed by atoms with Gasteiger partial charge in [0.15, 0.2) is 0 Å². The highest BCUT2D eigenvalue weighted by Crippen LogP contribution is 2.50. The Hall–Kier alpha value is -1.31. The Labute approximate surface area is 178 Å². The number of hydrogen-bond acceptors (Lipinski definition) is 1. The molecule has 1 atom stereocenters. The lowest BCUT2D eigenvalue weighted by atomic mass is 9.79. The molecular formula is C19H14Cl3F6N. The van der Waals surface area contributed by atoms with Crippen molar-refractivity contribution in [3.63, 3.8) is 0 Å². The lowest BCUT2D eigenvalue weighted by molar-refractivity contribution is -0.184. The van der Waals surface area contributed by atoms with Crippen LogP contribution in [0.3, 0.4) is 0 Å². The molecule has 3 rings (SSSR count). The van der Waals surface area contributed by atoms with E-state index in [0.29, 0.717) is 0 Å². The summed E-state index contributed by atoms with van der Waals surface area (Å²) in [6.07, 6.45) is -9.64. The summed E-state index contributed by atoms with van der Waals surface area (Å²) in [4.78, 5) is 1.29. The molecule has 158 valence electrons. The fourth-order valence-electron chi connectivity index (χ4n) is 3.60. The van der Waals surface area contributed by atoms with Gasteiger partial charge in [-0.3, -0.25) is 0 Å².